The van der Waals surface area contributed by atoms with E-state index in [1.54, 1.807) is 0 Å². The van der Waals surface area contributed by atoms with Gasteiger partial charge in [-0.3, -0.25) is 4.79 Å². The molecule has 0 unspecified atom stereocenters. The highest BCUT2D eigenvalue weighted by Gasteiger charge is 2.17. The molecule has 106 valence electrons. The van der Waals surface area contributed by atoms with Crippen molar-refractivity contribution in [3.63, 3.8) is 0 Å². The first kappa shape index (κ1) is 12.9. The van der Waals surface area contributed by atoms with Crippen molar-refractivity contribution >= 4 is 11.0 Å². The van der Waals surface area contributed by atoms with Crippen LogP contribution in [0.2, 0.25) is 0 Å². The zero-order valence-corrected chi connectivity index (χ0v) is 10.6. The third kappa shape index (κ3) is 1.93. The predicted octanol–water partition coefficient (Wildman–Crippen LogP) is 2.28. The van der Waals surface area contributed by atoms with Crippen LogP contribution in [0.3, 0.4) is 0 Å². The first-order valence-corrected chi connectivity index (χ1v) is 5.98. The summed E-state index contributed by atoms with van der Waals surface area (Å²) in [7, 11) is 0. The van der Waals surface area contributed by atoms with Crippen LogP contribution >= 0.6 is 0 Å². The van der Waals surface area contributed by atoms with Crippen molar-refractivity contribution in [1.82, 2.24) is 0 Å². The predicted molar refractivity (Wildman–Crippen MR) is 74.6 cm³/mol. The molecule has 3 aromatic rings. The second-order valence-electron chi connectivity index (χ2n) is 4.49. The Labute approximate surface area is 117 Å². The lowest BCUT2D eigenvalue weighted by molar-refractivity contribution is 0.369. The van der Waals surface area contributed by atoms with Gasteiger partial charge in [0, 0.05) is 11.6 Å². The maximum Gasteiger partial charge on any atom is 0.200 e. The highest BCUT2D eigenvalue weighted by atomic mass is 16.3. The lowest BCUT2D eigenvalue weighted by Crippen LogP contribution is -2.04. The Morgan fingerprint density at radius 2 is 1.62 bits per heavy atom. The summed E-state index contributed by atoms with van der Waals surface area (Å²) in [6.07, 6.45) is 1.12. The molecule has 0 bridgehead atoms. The maximum absolute atomic E-state index is 12.4. The molecule has 6 nitrogen and oxygen atoms in total. The number of phenolic OH excluding ortho intramolecular Hbond substituents is 4. The fraction of sp³-hybridized carbons (Fsp3) is 0. The van der Waals surface area contributed by atoms with Gasteiger partial charge in [-0.15, -0.1) is 0 Å². The van der Waals surface area contributed by atoms with E-state index in [0.29, 0.717) is 0 Å². The average molecular weight is 286 g/mol. The van der Waals surface area contributed by atoms with Gasteiger partial charge < -0.3 is 24.8 Å². The lowest BCUT2D eigenvalue weighted by atomic mass is 10.0. The minimum atomic E-state index is -0.710. The number of hydrogen-bond donors (Lipinski definition) is 4. The number of aromatic hydroxyl groups is 4. The van der Waals surface area contributed by atoms with Crippen LogP contribution in [0.5, 0.6) is 23.0 Å². The molecule has 2 aromatic carbocycles. The van der Waals surface area contributed by atoms with Crippen LogP contribution in [0.25, 0.3) is 22.1 Å². The van der Waals surface area contributed by atoms with Gasteiger partial charge in [0.05, 0.1) is 10.9 Å². The zero-order chi connectivity index (χ0) is 15.1. The van der Waals surface area contributed by atoms with E-state index >= 15 is 0 Å². The van der Waals surface area contributed by atoms with E-state index in [1.807, 2.05) is 0 Å². The molecule has 6 heteroatoms. The fourth-order valence-corrected chi connectivity index (χ4v) is 2.09. The summed E-state index contributed by atoms with van der Waals surface area (Å²) < 4.78 is 5.27. The van der Waals surface area contributed by atoms with Gasteiger partial charge in [0.2, 0.25) is 11.2 Å². The highest BCUT2D eigenvalue weighted by Crippen LogP contribution is 2.41. The first-order chi connectivity index (χ1) is 9.99. The van der Waals surface area contributed by atoms with Gasteiger partial charge in [-0.1, -0.05) is 0 Å². The van der Waals surface area contributed by atoms with E-state index in [2.05, 4.69) is 0 Å². The van der Waals surface area contributed by atoms with E-state index in [9.17, 15) is 25.2 Å². The Balaban J connectivity index is 2.32. The molecule has 0 saturated carbocycles. The molecule has 1 aromatic heterocycles. The molecule has 0 saturated heterocycles. The van der Waals surface area contributed by atoms with Crippen LogP contribution < -0.4 is 5.43 Å². The Kier molecular flexibility index (Phi) is 2.72. The summed E-state index contributed by atoms with van der Waals surface area (Å²) in [6, 6.07) is 6.50. The summed E-state index contributed by atoms with van der Waals surface area (Å²) in [5, 5.41) is 38.2. The molecule has 4 N–H and O–H groups in total. The van der Waals surface area contributed by atoms with Gasteiger partial charge in [0.25, 0.3) is 0 Å². The maximum atomic E-state index is 12.4. The van der Waals surface area contributed by atoms with Crippen molar-refractivity contribution in [3.8, 4) is 34.1 Å². The molecule has 3 rings (SSSR count). The van der Waals surface area contributed by atoms with Gasteiger partial charge in [0.15, 0.2) is 11.5 Å². The van der Waals surface area contributed by atoms with Crippen molar-refractivity contribution in [2.45, 2.75) is 0 Å². The Bertz CT molecular complexity index is 910. The smallest absolute Gasteiger partial charge is 0.200 e. The number of benzene rings is 2. The van der Waals surface area contributed by atoms with Crippen LogP contribution in [-0.4, -0.2) is 20.4 Å². The van der Waals surface area contributed by atoms with Crippen LogP contribution in [0.4, 0.5) is 0 Å². The van der Waals surface area contributed by atoms with Crippen LogP contribution in [0, 0.1) is 0 Å². The molecule has 21 heavy (non-hydrogen) atoms. The van der Waals surface area contributed by atoms with Crippen molar-refractivity contribution < 1.29 is 24.8 Å². The first-order valence-electron chi connectivity index (χ1n) is 5.98. The van der Waals surface area contributed by atoms with Crippen molar-refractivity contribution in [2.75, 3.05) is 0 Å². The van der Waals surface area contributed by atoms with E-state index < -0.39 is 22.7 Å². The molecule has 0 fully saturated rings. The number of fused-ring (bicyclic) bond motifs is 1. The summed E-state index contributed by atoms with van der Waals surface area (Å²) in [5.74, 6) is -1.85. The molecule has 0 aliphatic heterocycles. The van der Waals surface area contributed by atoms with Crippen LogP contribution in [0.1, 0.15) is 0 Å². The van der Waals surface area contributed by atoms with Gasteiger partial charge in [-0.25, -0.2) is 0 Å². The fourth-order valence-electron chi connectivity index (χ4n) is 2.09. The van der Waals surface area contributed by atoms with Gasteiger partial charge in [-0.2, -0.15) is 0 Å². The Hall–Kier alpha value is -3.15. The summed E-state index contributed by atoms with van der Waals surface area (Å²) in [6.45, 7) is 0. The summed E-state index contributed by atoms with van der Waals surface area (Å²) in [4.78, 5) is 12.4. The van der Waals surface area contributed by atoms with E-state index in [4.69, 9.17) is 4.42 Å². The van der Waals surface area contributed by atoms with Crippen molar-refractivity contribution in [2.24, 2.45) is 0 Å². The van der Waals surface area contributed by atoms with E-state index in [0.717, 1.165) is 12.3 Å². The molecular formula is C15H10O6. The van der Waals surface area contributed by atoms with Gasteiger partial charge in [-0.05, 0) is 24.3 Å². The number of phenols is 4. The largest absolute Gasteiger partial charge is 0.508 e. The summed E-state index contributed by atoms with van der Waals surface area (Å²) in [5.41, 5.74) is -0.169. The molecule has 0 atom stereocenters. The Morgan fingerprint density at radius 1 is 0.857 bits per heavy atom. The molecule has 0 spiro atoms. The van der Waals surface area contributed by atoms with E-state index in [1.165, 1.54) is 24.3 Å². The van der Waals surface area contributed by atoms with Crippen molar-refractivity contribution in [1.29, 1.82) is 0 Å². The van der Waals surface area contributed by atoms with Crippen LogP contribution in [-0.2, 0) is 0 Å². The number of hydrogen-bond acceptors (Lipinski definition) is 6. The topological polar surface area (TPSA) is 111 Å². The zero-order valence-electron chi connectivity index (χ0n) is 10.6. The number of rotatable bonds is 1. The molecule has 0 radical (unpaired) electrons. The van der Waals surface area contributed by atoms with Crippen LogP contribution in [0.15, 0.2) is 45.8 Å². The second-order valence-corrected chi connectivity index (χ2v) is 4.49. The standard InChI is InChI=1S/C15H10O6/c16-7-1-2-9-12(5-7)21-6-10(13(9)18)8-3-4-11(17)15(20)14(8)19/h1-6,16-17,19-20H. The normalized spacial score (nSPS) is 10.9. The average Bonchev–Trinajstić information content (AvgIpc) is 2.46. The lowest BCUT2D eigenvalue weighted by Gasteiger charge is -2.07. The molecule has 1 heterocycles. The molecule has 0 aliphatic rings. The molecule has 0 amide bonds. The highest BCUT2D eigenvalue weighted by molar-refractivity contribution is 5.84. The molecular weight excluding hydrogens is 276 g/mol. The summed E-state index contributed by atoms with van der Waals surface area (Å²) >= 11 is 0. The van der Waals surface area contributed by atoms with E-state index in [-0.39, 0.29) is 27.8 Å². The minimum absolute atomic E-state index is 0.0287. The minimum Gasteiger partial charge on any atom is -0.508 e. The third-order valence-electron chi connectivity index (χ3n) is 3.18. The molecule has 0 aliphatic carbocycles. The van der Waals surface area contributed by atoms with Crippen molar-refractivity contribution in [3.05, 3.63) is 46.8 Å². The second kappa shape index (κ2) is 4.45. The third-order valence-corrected chi connectivity index (χ3v) is 3.18. The van der Waals surface area contributed by atoms with Gasteiger partial charge >= 0.3 is 0 Å². The monoisotopic (exact) mass is 286 g/mol. The Morgan fingerprint density at radius 3 is 2.38 bits per heavy atom. The quantitative estimate of drug-likeness (QED) is 0.511. The SMILES string of the molecule is O=c1c(-c2ccc(O)c(O)c2O)coc2cc(O)ccc12. The van der Waals surface area contributed by atoms with Gasteiger partial charge in [0.1, 0.15) is 17.6 Å².